The van der Waals surface area contributed by atoms with Crippen molar-refractivity contribution < 1.29 is 14.3 Å². The maximum Gasteiger partial charge on any atom is 0.252 e. The highest BCUT2D eigenvalue weighted by molar-refractivity contribution is 5.94. The molecule has 3 rings (SSSR count). The Kier molecular flexibility index (Phi) is 7.19. The molecule has 168 valence electrons. The molecule has 0 spiro atoms. The van der Waals surface area contributed by atoms with Gasteiger partial charge in [-0.25, -0.2) is 9.97 Å². The number of ether oxygens (including phenoxy) is 1. The number of anilines is 1. The van der Waals surface area contributed by atoms with Gasteiger partial charge in [0, 0.05) is 42.4 Å². The molecule has 0 fully saturated rings. The second-order valence-electron chi connectivity index (χ2n) is 8.26. The van der Waals surface area contributed by atoms with Crippen LogP contribution in [0.25, 0.3) is 5.95 Å². The molecule has 0 unspecified atom stereocenters. The first-order chi connectivity index (χ1) is 15.3. The number of methoxy groups -OCH3 is 1. The van der Waals surface area contributed by atoms with Gasteiger partial charge in [0.25, 0.3) is 11.9 Å². The average molecular weight is 437 g/mol. The fraction of sp³-hybridized carbons (Fsp3) is 0.348. The van der Waals surface area contributed by atoms with E-state index in [1.807, 2.05) is 26.8 Å². The van der Waals surface area contributed by atoms with Crippen molar-refractivity contribution in [2.45, 2.75) is 39.0 Å². The van der Waals surface area contributed by atoms with Crippen LogP contribution in [0.1, 0.15) is 49.7 Å². The number of amides is 2. The summed E-state index contributed by atoms with van der Waals surface area (Å²) in [5.74, 6) is 1.20. The Morgan fingerprint density at radius 2 is 1.78 bits per heavy atom. The highest BCUT2D eigenvalue weighted by atomic mass is 16.5. The largest absolute Gasteiger partial charge is 0.497 e. The molecule has 9 nitrogen and oxygen atoms in total. The summed E-state index contributed by atoms with van der Waals surface area (Å²) in [6.07, 6.45) is 3.99. The van der Waals surface area contributed by atoms with E-state index < -0.39 is 0 Å². The summed E-state index contributed by atoms with van der Waals surface area (Å²) in [6, 6.07) is 10.4. The third-order valence-electron chi connectivity index (χ3n) is 4.71. The summed E-state index contributed by atoms with van der Waals surface area (Å²) in [4.78, 5) is 33.2. The third kappa shape index (κ3) is 5.90. The summed E-state index contributed by atoms with van der Waals surface area (Å²) >= 11 is 0. The van der Waals surface area contributed by atoms with Crippen molar-refractivity contribution in [1.82, 2.24) is 25.1 Å². The first kappa shape index (κ1) is 22.9. The van der Waals surface area contributed by atoms with Crippen molar-refractivity contribution in [3.05, 3.63) is 60.0 Å². The molecule has 2 amide bonds. The second-order valence-corrected chi connectivity index (χ2v) is 8.26. The quantitative estimate of drug-likeness (QED) is 0.525. The van der Waals surface area contributed by atoms with Gasteiger partial charge in [-0.3, -0.25) is 9.59 Å². The summed E-state index contributed by atoms with van der Waals surface area (Å²) in [5.41, 5.74) is 1.15. The number of hydrogen-bond donors (Lipinski definition) is 2. The first-order valence-corrected chi connectivity index (χ1v) is 10.4. The van der Waals surface area contributed by atoms with Crippen molar-refractivity contribution >= 4 is 17.6 Å². The lowest BCUT2D eigenvalue weighted by atomic mass is 9.92. The Hall–Kier alpha value is -3.75. The number of carbonyl (C=O) groups excluding carboxylic acids is 2. The van der Waals surface area contributed by atoms with E-state index in [-0.39, 0.29) is 23.7 Å². The molecule has 0 saturated carbocycles. The summed E-state index contributed by atoms with van der Waals surface area (Å²) in [6.45, 7) is 6.51. The number of carbonyl (C=O) groups is 2. The molecular formula is C23H28N6O3. The zero-order valence-electron chi connectivity index (χ0n) is 18.8. The molecule has 2 aromatic heterocycles. The van der Waals surface area contributed by atoms with Crippen LogP contribution in [-0.2, 0) is 10.2 Å². The number of aromatic nitrogens is 4. The maximum atomic E-state index is 12.5. The van der Waals surface area contributed by atoms with E-state index in [9.17, 15) is 9.59 Å². The normalized spacial score (nSPS) is 11.1. The monoisotopic (exact) mass is 436 g/mol. The third-order valence-corrected chi connectivity index (χ3v) is 4.71. The molecule has 2 N–H and O–H groups in total. The predicted octanol–water partition coefficient (Wildman–Crippen LogP) is 3.12. The van der Waals surface area contributed by atoms with Gasteiger partial charge < -0.3 is 15.4 Å². The van der Waals surface area contributed by atoms with Crippen molar-refractivity contribution in [1.29, 1.82) is 0 Å². The second kappa shape index (κ2) is 10.0. The van der Waals surface area contributed by atoms with E-state index in [2.05, 4.69) is 25.7 Å². The van der Waals surface area contributed by atoms with E-state index in [0.717, 1.165) is 5.69 Å². The topological polar surface area (TPSA) is 111 Å². The Morgan fingerprint density at radius 3 is 2.41 bits per heavy atom. The van der Waals surface area contributed by atoms with Crippen molar-refractivity contribution in [2.75, 3.05) is 19.0 Å². The van der Waals surface area contributed by atoms with Gasteiger partial charge in [0.15, 0.2) is 0 Å². The van der Waals surface area contributed by atoms with Gasteiger partial charge in [-0.05, 0) is 36.8 Å². The van der Waals surface area contributed by atoms with Crippen LogP contribution >= 0.6 is 0 Å². The Morgan fingerprint density at radius 1 is 1.09 bits per heavy atom. The Labute approximate surface area is 187 Å². The summed E-state index contributed by atoms with van der Waals surface area (Å²) in [7, 11) is 1.57. The molecule has 0 aliphatic rings. The van der Waals surface area contributed by atoms with Crippen molar-refractivity contribution in [2.24, 2.45) is 0 Å². The van der Waals surface area contributed by atoms with E-state index in [4.69, 9.17) is 4.74 Å². The lowest BCUT2D eigenvalue weighted by Crippen LogP contribution is -2.25. The molecule has 0 aliphatic carbocycles. The van der Waals surface area contributed by atoms with Gasteiger partial charge in [0.1, 0.15) is 11.6 Å². The number of nitrogens with zero attached hydrogens (tertiary/aromatic N) is 4. The number of benzene rings is 1. The zero-order chi connectivity index (χ0) is 23.1. The molecular weight excluding hydrogens is 408 g/mol. The Balaban J connectivity index is 1.56. The summed E-state index contributed by atoms with van der Waals surface area (Å²) < 4.78 is 6.62. The predicted molar refractivity (Wildman–Crippen MR) is 121 cm³/mol. The minimum atomic E-state index is -0.203. The molecule has 0 aliphatic heterocycles. The van der Waals surface area contributed by atoms with Crippen LogP contribution in [0.3, 0.4) is 0 Å². The molecule has 3 aromatic rings. The van der Waals surface area contributed by atoms with Gasteiger partial charge in [-0.1, -0.05) is 20.8 Å². The minimum absolute atomic E-state index is 0.179. The van der Waals surface area contributed by atoms with Crippen LogP contribution in [0.2, 0.25) is 0 Å². The molecule has 0 atom stereocenters. The fourth-order valence-electron chi connectivity index (χ4n) is 2.89. The highest BCUT2D eigenvalue weighted by Gasteiger charge is 2.22. The van der Waals surface area contributed by atoms with Crippen LogP contribution < -0.4 is 15.4 Å². The van der Waals surface area contributed by atoms with Gasteiger partial charge in [-0.2, -0.15) is 9.78 Å². The van der Waals surface area contributed by atoms with Gasteiger partial charge in [0.2, 0.25) is 5.91 Å². The molecule has 2 heterocycles. The van der Waals surface area contributed by atoms with Crippen LogP contribution in [0.15, 0.2) is 48.8 Å². The SMILES string of the molecule is COc1ccc(C(=O)NCCCC(=O)Nc2cc(C(C)(C)C)nn2-c2ncccn2)cc1. The fourth-order valence-corrected chi connectivity index (χ4v) is 2.89. The van der Waals surface area contributed by atoms with Crippen LogP contribution in [-0.4, -0.2) is 45.2 Å². The first-order valence-electron chi connectivity index (χ1n) is 10.4. The van der Waals surface area contributed by atoms with E-state index >= 15 is 0 Å². The highest BCUT2D eigenvalue weighted by Crippen LogP contribution is 2.25. The molecule has 0 saturated heterocycles. The Bertz CT molecular complexity index is 1060. The van der Waals surface area contributed by atoms with Gasteiger partial charge in [0.05, 0.1) is 12.8 Å². The van der Waals surface area contributed by atoms with E-state index in [0.29, 0.717) is 36.0 Å². The molecule has 0 bridgehead atoms. The van der Waals surface area contributed by atoms with E-state index in [1.54, 1.807) is 49.8 Å². The number of nitrogens with one attached hydrogen (secondary N) is 2. The van der Waals surface area contributed by atoms with Crippen LogP contribution in [0, 0.1) is 0 Å². The molecule has 32 heavy (non-hydrogen) atoms. The standard InChI is InChI=1S/C23H28N6O3/c1-23(2,3)18-15-19(29(28-18)22-25-13-6-14-26-22)27-20(30)7-5-12-24-21(31)16-8-10-17(32-4)11-9-16/h6,8-11,13-15H,5,7,12H2,1-4H3,(H,24,31)(H,27,30). The van der Waals surface area contributed by atoms with E-state index in [1.165, 1.54) is 4.68 Å². The van der Waals surface area contributed by atoms with Gasteiger partial charge >= 0.3 is 0 Å². The smallest absolute Gasteiger partial charge is 0.252 e. The summed E-state index contributed by atoms with van der Waals surface area (Å²) in [5, 5.41) is 10.3. The van der Waals surface area contributed by atoms with Crippen molar-refractivity contribution in [3.63, 3.8) is 0 Å². The van der Waals surface area contributed by atoms with Crippen LogP contribution in [0.4, 0.5) is 5.82 Å². The molecule has 0 radical (unpaired) electrons. The number of rotatable bonds is 8. The van der Waals surface area contributed by atoms with Crippen LogP contribution in [0.5, 0.6) is 5.75 Å². The maximum absolute atomic E-state index is 12.5. The molecule has 1 aromatic carbocycles. The average Bonchev–Trinajstić information content (AvgIpc) is 3.21. The lowest BCUT2D eigenvalue weighted by molar-refractivity contribution is -0.116. The zero-order valence-corrected chi connectivity index (χ0v) is 18.8. The number of hydrogen-bond acceptors (Lipinski definition) is 6. The molecule has 9 heteroatoms. The van der Waals surface area contributed by atoms with Crippen molar-refractivity contribution in [3.8, 4) is 11.7 Å². The lowest BCUT2D eigenvalue weighted by Gasteiger charge is -2.13. The van der Waals surface area contributed by atoms with Gasteiger partial charge in [-0.15, -0.1) is 0 Å². The minimum Gasteiger partial charge on any atom is -0.497 e.